The third kappa shape index (κ3) is 4.56. The second kappa shape index (κ2) is 9.57. The van der Waals surface area contributed by atoms with E-state index in [9.17, 15) is 17.4 Å². The van der Waals surface area contributed by atoms with Crippen LogP contribution in [0.2, 0.25) is 0 Å². The fourth-order valence-corrected chi connectivity index (χ4v) is 5.39. The number of aromatic nitrogens is 3. The number of methoxy groups -OCH3 is 1. The average molecular weight is 492 g/mol. The maximum Gasteiger partial charge on any atom is 0.266 e. The highest BCUT2D eigenvalue weighted by atomic mass is 32.2. The van der Waals surface area contributed by atoms with Gasteiger partial charge in [0.15, 0.2) is 0 Å². The SMILES string of the molecule is CN=S1(=O)CC=C(c2cc3c(N[C@H](C)c4cccc(C(F)F)c4F)ncnc3c(OC)n2)CC1. The molecule has 34 heavy (non-hydrogen) atoms. The number of hydrogen-bond acceptors (Lipinski definition) is 7. The molecule has 0 spiro atoms. The van der Waals surface area contributed by atoms with Crippen molar-refractivity contribution in [2.45, 2.75) is 25.8 Å². The van der Waals surface area contributed by atoms with Crippen molar-refractivity contribution in [1.82, 2.24) is 15.0 Å². The van der Waals surface area contributed by atoms with Crippen LogP contribution in [0.3, 0.4) is 0 Å². The number of nitrogens with one attached hydrogen (secondary N) is 1. The Kier molecular flexibility index (Phi) is 6.74. The van der Waals surface area contributed by atoms with Crippen LogP contribution in [0.4, 0.5) is 19.0 Å². The van der Waals surface area contributed by atoms with E-state index in [4.69, 9.17) is 4.74 Å². The van der Waals surface area contributed by atoms with Crippen LogP contribution in [0.1, 0.15) is 42.6 Å². The molecule has 1 aliphatic heterocycles. The first-order valence-electron chi connectivity index (χ1n) is 10.6. The Labute approximate surface area is 195 Å². The molecule has 0 aliphatic carbocycles. The lowest BCUT2D eigenvalue weighted by Gasteiger charge is -2.20. The molecule has 0 bridgehead atoms. The molecule has 0 amide bonds. The minimum atomic E-state index is -2.91. The van der Waals surface area contributed by atoms with Gasteiger partial charge in [0.05, 0.1) is 45.3 Å². The number of alkyl halides is 2. The molecule has 1 aromatic carbocycles. The van der Waals surface area contributed by atoms with E-state index in [0.29, 0.717) is 40.3 Å². The van der Waals surface area contributed by atoms with Crippen LogP contribution < -0.4 is 10.1 Å². The van der Waals surface area contributed by atoms with Crippen LogP contribution >= 0.6 is 0 Å². The molecular weight excluding hydrogens is 467 g/mol. The number of hydrogen-bond donors (Lipinski definition) is 1. The topological polar surface area (TPSA) is 89.4 Å². The van der Waals surface area contributed by atoms with Gasteiger partial charge < -0.3 is 10.1 Å². The first-order valence-corrected chi connectivity index (χ1v) is 12.4. The van der Waals surface area contributed by atoms with Gasteiger partial charge in [0.25, 0.3) is 6.43 Å². The molecule has 180 valence electrons. The summed E-state index contributed by atoms with van der Waals surface area (Å²) >= 11 is 0. The van der Waals surface area contributed by atoms with E-state index in [1.807, 2.05) is 6.08 Å². The van der Waals surface area contributed by atoms with Crippen molar-refractivity contribution in [3.63, 3.8) is 0 Å². The average Bonchev–Trinajstić information content (AvgIpc) is 2.84. The highest BCUT2D eigenvalue weighted by molar-refractivity contribution is 7.93. The van der Waals surface area contributed by atoms with Crippen LogP contribution in [0.15, 0.2) is 41.0 Å². The first-order chi connectivity index (χ1) is 16.3. The molecular formula is C23H24F3N5O2S. The monoisotopic (exact) mass is 491 g/mol. The minimum Gasteiger partial charge on any atom is -0.479 e. The zero-order chi connectivity index (χ0) is 24.5. The van der Waals surface area contributed by atoms with Gasteiger partial charge in [-0.1, -0.05) is 24.3 Å². The van der Waals surface area contributed by atoms with Crippen molar-refractivity contribution < 1.29 is 22.1 Å². The summed E-state index contributed by atoms with van der Waals surface area (Å²) < 4.78 is 63.0. The van der Waals surface area contributed by atoms with Crippen molar-refractivity contribution in [1.29, 1.82) is 0 Å². The second-order valence-electron chi connectivity index (χ2n) is 7.86. The molecule has 1 N–H and O–H groups in total. The quantitative estimate of drug-likeness (QED) is 0.512. The van der Waals surface area contributed by atoms with Crippen molar-refractivity contribution >= 4 is 32.0 Å². The van der Waals surface area contributed by atoms with Crippen LogP contribution in [-0.4, -0.2) is 44.8 Å². The Morgan fingerprint density at radius 2 is 2.00 bits per heavy atom. The summed E-state index contributed by atoms with van der Waals surface area (Å²) in [5.74, 6) is 0.487. The Morgan fingerprint density at radius 3 is 2.65 bits per heavy atom. The summed E-state index contributed by atoms with van der Waals surface area (Å²) in [6, 6.07) is 5.06. The number of allylic oxidation sites excluding steroid dienone is 1. The Bertz CT molecular complexity index is 1390. The van der Waals surface area contributed by atoms with Crippen molar-refractivity contribution in [3.8, 4) is 5.88 Å². The summed E-state index contributed by atoms with van der Waals surface area (Å²) in [4.78, 5) is 13.1. The minimum absolute atomic E-state index is 0.0962. The normalized spacial score (nSPS) is 19.1. The Hall–Kier alpha value is -3.21. The molecule has 2 atom stereocenters. The van der Waals surface area contributed by atoms with E-state index in [2.05, 4.69) is 24.6 Å². The van der Waals surface area contributed by atoms with Gasteiger partial charge in [0.1, 0.15) is 23.5 Å². The van der Waals surface area contributed by atoms with Crippen molar-refractivity contribution in [2.75, 3.05) is 31.0 Å². The summed E-state index contributed by atoms with van der Waals surface area (Å²) in [7, 11) is 0.811. The highest BCUT2D eigenvalue weighted by Crippen LogP contribution is 2.34. The van der Waals surface area contributed by atoms with E-state index < -0.39 is 33.6 Å². The number of halogens is 3. The third-order valence-electron chi connectivity index (χ3n) is 5.84. The number of anilines is 1. The molecule has 4 rings (SSSR count). The van der Waals surface area contributed by atoms with E-state index >= 15 is 0 Å². The smallest absolute Gasteiger partial charge is 0.266 e. The van der Waals surface area contributed by atoms with Gasteiger partial charge >= 0.3 is 0 Å². The number of ether oxygens (including phenoxy) is 1. The predicted molar refractivity (Wildman–Crippen MR) is 126 cm³/mol. The summed E-state index contributed by atoms with van der Waals surface area (Å²) in [5.41, 5.74) is 1.42. The van der Waals surface area contributed by atoms with Crippen LogP contribution in [0.5, 0.6) is 5.88 Å². The summed E-state index contributed by atoms with van der Waals surface area (Å²) in [6.45, 7) is 1.66. The number of pyridine rings is 1. The molecule has 3 heterocycles. The fraction of sp³-hybridized carbons (Fsp3) is 0.348. The lowest BCUT2D eigenvalue weighted by atomic mass is 10.0. The van der Waals surface area contributed by atoms with Crippen molar-refractivity contribution in [3.05, 3.63) is 59.3 Å². The summed E-state index contributed by atoms with van der Waals surface area (Å²) in [6.07, 6.45) is 0.822. The first kappa shape index (κ1) is 23.9. The molecule has 1 unspecified atom stereocenters. The number of benzene rings is 1. The van der Waals surface area contributed by atoms with Gasteiger partial charge in [-0.15, -0.1) is 0 Å². The third-order valence-corrected chi connectivity index (χ3v) is 8.03. The molecule has 3 aromatic rings. The highest BCUT2D eigenvalue weighted by Gasteiger charge is 2.22. The molecule has 11 heteroatoms. The van der Waals surface area contributed by atoms with E-state index in [1.54, 1.807) is 20.0 Å². The molecule has 0 saturated carbocycles. The number of rotatable bonds is 6. The van der Waals surface area contributed by atoms with Gasteiger partial charge in [0.2, 0.25) is 5.88 Å². The standard InChI is InChI=1S/C23H24F3N5O2S/c1-13(15-5-4-6-16(19(15)24)21(25)26)30-22-17-11-18(14-7-9-34(32,27-2)10-8-14)31-23(33-3)20(17)28-12-29-22/h4-7,11-13,21H,8-10H2,1-3H3,(H,28,29,30)/t13-,34?/m1/s1. The molecule has 7 nitrogen and oxygen atoms in total. The van der Waals surface area contributed by atoms with Crippen molar-refractivity contribution in [2.24, 2.45) is 4.36 Å². The van der Waals surface area contributed by atoms with Gasteiger partial charge in [-0.3, -0.25) is 0 Å². The Balaban J connectivity index is 1.75. The lowest BCUT2D eigenvalue weighted by molar-refractivity contribution is 0.146. The fourth-order valence-electron chi connectivity index (χ4n) is 3.89. The number of fused-ring (bicyclic) bond motifs is 1. The van der Waals surface area contributed by atoms with Crippen LogP contribution in [0, 0.1) is 5.82 Å². The van der Waals surface area contributed by atoms with E-state index in [0.717, 1.165) is 11.6 Å². The second-order valence-corrected chi connectivity index (χ2v) is 10.5. The Morgan fingerprint density at radius 1 is 1.24 bits per heavy atom. The lowest BCUT2D eigenvalue weighted by Crippen LogP contribution is -2.15. The van der Waals surface area contributed by atoms with Gasteiger partial charge in [0, 0.05) is 18.4 Å². The largest absolute Gasteiger partial charge is 0.479 e. The number of nitrogens with zero attached hydrogens (tertiary/aromatic N) is 4. The van der Waals surface area contributed by atoms with E-state index in [1.165, 1.54) is 25.6 Å². The maximum absolute atomic E-state index is 14.7. The molecule has 0 fully saturated rings. The van der Waals surface area contributed by atoms with Gasteiger partial charge in [-0.25, -0.2) is 36.7 Å². The van der Waals surface area contributed by atoms with Gasteiger partial charge in [-0.2, -0.15) is 0 Å². The van der Waals surface area contributed by atoms with Crippen LogP contribution in [0.25, 0.3) is 16.5 Å². The summed E-state index contributed by atoms with van der Waals surface area (Å²) in [5, 5.41) is 3.69. The van der Waals surface area contributed by atoms with E-state index in [-0.39, 0.29) is 11.4 Å². The van der Waals surface area contributed by atoms with Crippen LogP contribution in [-0.2, 0) is 9.73 Å². The molecule has 0 radical (unpaired) electrons. The zero-order valence-electron chi connectivity index (χ0n) is 18.9. The molecule has 2 aromatic heterocycles. The van der Waals surface area contributed by atoms with Gasteiger partial charge in [-0.05, 0) is 25.0 Å². The maximum atomic E-state index is 14.7. The molecule has 0 saturated heterocycles. The molecule has 1 aliphatic rings. The predicted octanol–water partition coefficient (Wildman–Crippen LogP) is 5.17. The zero-order valence-corrected chi connectivity index (χ0v) is 19.7.